The molecule has 5 nitrogen and oxygen atoms in total. The van der Waals surface area contributed by atoms with Crippen molar-refractivity contribution in [3.63, 3.8) is 0 Å². The first-order valence-electron chi connectivity index (χ1n) is 6.11. The van der Waals surface area contributed by atoms with Crippen LogP contribution in [0.5, 0.6) is 0 Å². The van der Waals surface area contributed by atoms with Crippen LogP contribution in [0.1, 0.15) is 19.5 Å². The zero-order chi connectivity index (χ0) is 12.5. The molecule has 1 aliphatic rings. The zero-order valence-corrected chi connectivity index (χ0v) is 10.9. The third kappa shape index (κ3) is 2.61. The molecule has 1 aromatic rings. The largest absolute Gasteiger partial charge is 0.396 e. The van der Waals surface area contributed by atoms with E-state index >= 15 is 0 Å². The normalized spacial score (nSPS) is 18.5. The van der Waals surface area contributed by atoms with E-state index in [-0.39, 0.29) is 5.54 Å². The maximum absolute atomic E-state index is 5.82. The third-order valence-electron chi connectivity index (χ3n) is 3.55. The number of anilines is 1. The highest BCUT2D eigenvalue weighted by Crippen LogP contribution is 2.20. The van der Waals surface area contributed by atoms with Crippen molar-refractivity contribution < 1.29 is 4.74 Å². The topological polar surface area (TPSA) is 56.3 Å². The molecule has 2 N–H and O–H groups in total. The lowest BCUT2D eigenvalue weighted by atomic mass is 10.0. The molecule has 17 heavy (non-hydrogen) atoms. The molecular weight excluding hydrogens is 216 g/mol. The first-order chi connectivity index (χ1) is 8.00. The van der Waals surface area contributed by atoms with E-state index in [0.29, 0.717) is 0 Å². The summed E-state index contributed by atoms with van der Waals surface area (Å²) in [5.41, 5.74) is 7.71. The molecule has 96 valence electrons. The van der Waals surface area contributed by atoms with Crippen molar-refractivity contribution in [1.82, 2.24) is 14.7 Å². The van der Waals surface area contributed by atoms with Gasteiger partial charge in [0.1, 0.15) is 0 Å². The average molecular weight is 238 g/mol. The lowest BCUT2D eigenvalue weighted by Gasteiger charge is -2.40. The van der Waals surface area contributed by atoms with Crippen molar-refractivity contribution in [3.05, 3.63) is 11.9 Å². The van der Waals surface area contributed by atoms with Gasteiger partial charge in [-0.15, -0.1) is 0 Å². The molecule has 1 fully saturated rings. The summed E-state index contributed by atoms with van der Waals surface area (Å²) in [6, 6.07) is 0. The van der Waals surface area contributed by atoms with Gasteiger partial charge in [0.15, 0.2) is 0 Å². The minimum Gasteiger partial charge on any atom is -0.396 e. The van der Waals surface area contributed by atoms with Crippen LogP contribution in [0.25, 0.3) is 0 Å². The van der Waals surface area contributed by atoms with Crippen LogP contribution in [0, 0.1) is 6.92 Å². The molecule has 0 saturated carbocycles. The molecule has 0 aromatic carbocycles. The van der Waals surface area contributed by atoms with Crippen LogP contribution in [0.3, 0.4) is 0 Å². The minimum atomic E-state index is 0.0764. The molecule has 0 amide bonds. The predicted molar refractivity (Wildman–Crippen MR) is 67.8 cm³/mol. The molecule has 1 saturated heterocycles. The summed E-state index contributed by atoms with van der Waals surface area (Å²) in [5.74, 6) is 0. The number of nitrogen functional groups attached to an aromatic ring is 1. The Morgan fingerprint density at radius 1 is 1.41 bits per heavy atom. The first kappa shape index (κ1) is 12.4. The number of ether oxygens (including phenoxy) is 1. The summed E-state index contributed by atoms with van der Waals surface area (Å²) in [6.45, 7) is 11.0. The number of hydrogen-bond acceptors (Lipinski definition) is 4. The molecule has 0 aliphatic carbocycles. The fraction of sp³-hybridized carbons (Fsp3) is 0.750. The quantitative estimate of drug-likeness (QED) is 0.849. The Hall–Kier alpha value is -1.07. The lowest BCUT2D eigenvalue weighted by molar-refractivity contribution is -0.0168. The third-order valence-corrected chi connectivity index (χ3v) is 3.55. The second kappa shape index (κ2) is 4.66. The van der Waals surface area contributed by atoms with E-state index in [0.717, 1.165) is 44.2 Å². The molecule has 0 unspecified atom stereocenters. The van der Waals surface area contributed by atoms with Crippen LogP contribution in [0.2, 0.25) is 0 Å². The summed E-state index contributed by atoms with van der Waals surface area (Å²) in [7, 11) is 0. The van der Waals surface area contributed by atoms with Gasteiger partial charge >= 0.3 is 0 Å². The molecule has 1 aromatic heterocycles. The Labute approximate surface area is 103 Å². The maximum atomic E-state index is 5.82. The van der Waals surface area contributed by atoms with Crippen molar-refractivity contribution in [2.75, 3.05) is 32.0 Å². The predicted octanol–water partition coefficient (Wildman–Crippen LogP) is 0.885. The van der Waals surface area contributed by atoms with Crippen LogP contribution in [-0.2, 0) is 11.3 Å². The Bertz CT molecular complexity index is 380. The number of hydrogen-bond donors (Lipinski definition) is 1. The number of morpholine rings is 1. The van der Waals surface area contributed by atoms with E-state index in [4.69, 9.17) is 10.5 Å². The fourth-order valence-corrected chi connectivity index (χ4v) is 2.26. The molecule has 2 rings (SSSR count). The van der Waals surface area contributed by atoms with Crippen molar-refractivity contribution in [2.24, 2.45) is 0 Å². The summed E-state index contributed by atoms with van der Waals surface area (Å²) in [6.07, 6.45) is 1.73. The number of nitrogens with two attached hydrogens (primary N) is 1. The zero-order valence-electron chi connectivity index (χ0n) is 10.9. The van der Waals surface area contributed by atoms with E-state index < -0.39 is 0 Å². The van der Waals surface area contributed by atoms with E-state index in [2.05, 4.69) is 23.8 Å². The SMILES string of the molecule is Cc1c(N)cnn1CC(C)(C)N1CCOCC1. The Kier molecular flexibility index (Phi) is 3.40. The monoisotopic (exact) mass is 238 g/mol. The summed E-state index contributed by atoms with van der Waals surface area (Å²) < 4.78 is 7.38. The van der Waals surface area contributed by atoms with Crippen LogP contribution < -0.4 is 5.73 Å². The lowest BCUT2D eigenvalue weighted by Crippen LogP contribution is -2.52. The van der Waals surface area contributed by atoms with Crippen molar-refractivity contribution >= 4 is 5.69 Å². The van der Waals surface area contributed by atoms with Gasteiger partial charge in [-0.1, -0.05) is 0 Å². The number of nitrogens with zero attached hydrogens (tertiary/aromatic N) is 3. The van der Waals surface area contributed by atoms with Crippen molar-refractivity contribution in [1.29, 1.82) is 0 Å². The van der Waals surface area contributed by atoms with Gasteiger partial charge in [0, 0.05) is 18.6 Å². The highest BCUT2D eigenvalue weighted by atomic mass is 16.5. The number of aromatic nitrogens is 2. The molecule has 0 atom stereocenters. The van der Waals surface area contributed by atoms with Gasteiger partial charge in [0.05, 0.1) is 37.3 Å². The van der Waals surface area contributed by atoms with Gasteiger partial charge in [0.2, 0.25) is 0 Å². The highest BCUT2D eigenvalue weighted by molar-refractivity contribution is 5.39. The Morgan fingerprint density at radius 3 is 2.59 bits per heavy atom. The standard InChI is InChI=1S/C12H22N4O/c1-10-11(13)8-14-16(10)9-12(2,3)15-4-6-17-7-5-15/h8H,4-7,9,13H2,1-3H3. The smallest absolute Gasteiger partial charge is 0.0730 e. The Balaban J connectivity index is 2.07. The first-order valence-corrected chi connectivity index (χ1v) is 6.11. The molecule has 2 heterocycles. The van der Waals surface area contributed by atoms with Gasteiger partial charge in [-0.05, 0) is 20.8 Å². The number of rotatable bonds is 3. The van der Waals surface area contributed by atoms with E-state index in [1.54, 1.807) is 6.20 Å². The van der Waals surface area contributed by atoms with E-state index in [1.807, 2.05) is 11.6 Å². The maximum Gasteiger partial charge on any atom is 0.0730 e. The fourth-order valence-electron chi connectivity index (χ4n) is 2.26. The van der Waals surface area contributed by atoms with Gasteiger partial charge < -0.3 is 10.5 Å². The minimum absolute atomic E-state index is 0.0764. The molecule has 0 radical (unpaired) electrons. The van der Waals surface area contributed by atoms with Gasteiger partial charge in [-0.25, -0.2) is 0 Å². The summed E-state index contributed by atoms with van der Waals surface area (Å²) in [4.78, 5) is 2.45. The molecule has 1 aliphatic heterocycles. The van der Waals surface area contributed by atoms with Crippen LogP contribution >= 0.6 is 0 Å². The second-order valence-corrected chi connectivity index (χ2v) is 5.25. The highest BCUT2D eigenvalue weighted by Gasteiger charge is 2.29. The van der Waals surface area contributed by atoms with Crippen molar-refractivity contribution in [2.45, 2.75) is 32.9 Å². The van der Waals surface area contributed by atoms with Gasteiger partial charge in [-0.2, -0.15) is 5.10 Å². The van der Waals surface area contributed by atoms with Gasteiger partial charge in [-0.3, -0.25) is 9.58 Å². The van der Waals surface area contributed by atoms with E-state index in [1.165, 1.54) is 0 Å². The summed E-state index contributed by atoms with van der Waals surface area (Å²) >= 11 is 0. The van der Waals surface area contributed by atoms with Crippen LogP contribution in [0.4, 0.5) is 5.69 Å². The average Bonchev–Trinajstić information content (AvgIpc) is 2.62. The molecule has 0 bridgehead atoms. The Morgan fingerprint density at radius 2 is 2.06 bits per heavy atom. The van der Waals surface area contributed by atoms with E-state index in [9.17, 15) is 0 Å². The molecule has 0 spiro atoms. The van der Waals surface area contributed by atoms with Crippen LogP contribution in [0.15, 0.2) is 6.20 Å². The molecule has 5 heteroatoms. The molecular formula is C12H22N4O. The van der Waals surface area contributed by atoms with Crippen molar-refractivity contribution in [3.8, 4) is 0 Å². The summed E-state index contributed by atoms with van der Waals surface area (Å²) in [5, 5.41) is 4.33. The second-order valence-electron chi connectivity index (χ2n) is 5.25. The van der Waals surface area contributed by atoms with Crippen LogP contribution in [-0.4, -0.2) is 46.5 Å². The van der Waals surface area contributed by atoms with Gasteiger partial charge in [0.25, 0.3) is 0 Å².